The molecule has 112 valence electrons. The van der Waals surface area contributed by atoms with Gasteiger partial charge in [-0.2, -0.15) is 5.26 Å². The van der Waals surface area contributed by atoms with E-state index in [2.05, 4.69) is 16.1 Å². The van der Waals surface area contributed by atoms with E-state index in [1.165, 1.54) is 0 Å². The lowest BCUT2D eigenvalue weighted by Gasteiger charge is -2.25. The smallest absolute Gasteiger partial charge is 0.209 e. The number of rotatable bonds is 6. The van der Waals surface area contributed by atoms with Crippen molar-refractivity contribution in [3.63, 3.8) is 0 Å². The van der Waals surface area contributed by atoms with E-state index in [1.54, 1.807) is 0 Å². The van der Waals surface area contributed by atoms with Gasteiger partial charge in [0.15, 0.2) is 0 Å². The third-order valence-corrected chi connectivity index (χ3v) is 4.02. The quantitative estimate of drug-likeness (QED) is 0.806. The molecule has 0 unspecified atom stereocenters. The molecule has 0 radical (unpaired) electrons. The van der Waals surface area contributed by atoms with Crippen molar-refractivity contribution >= 4 is 10.0 Å². The summed E-state index contributed by atoms with van der Waals surface area (Å²) in [5, 5.41) is 12.2. The molecule has 7 heteroatoms. The molecule has 1 rings (SSSR count). The molecule has 0 atom stereocenters. The lowest BCUT2D eigenvalue weighted by Crippen LogP contribution is -2.49. The van der Waals surface area contributed by atoms with Gasteiger partial charge in [-0.1, -0.05) is 0 Å². The van der Waals surface area contributed by atoms with Gasteiger partial charge in [0.05, 0.1) is 6.26 Å². The maximum atomic E-state index is 11.2. The molecule has 1 heterocycles. The van der Waals surface area contributed by atoms with Gasteiger partial charge in [-0.15, -0.1) is 0 Å². The summed E-state index contributed by atoms with van der Waals surface area (Å²) in [7, 11) is -1.38. The van der Waals surface area contributed by atoms with E-state index in [9.17, 15) is 8.42 Å². The Hall–Kier alpha value is -1.36. The fourth-order valence-electron chi connectivity index (χ4n) is 2.10. The van der Waals surface area contributed by atoms with Crippen molar-refractivity contribution in [2.24, 2.45) is 7.05 Å². The number of aromatic nitrogens is 1. The molecular weight excluding hydrogens is 276 g/mol. The van der Waals surface area contributed by atoms with Gasteiger partial charge in [-0.05, 0) is 32.4 Å². The Morgan fingerprint density at radius 2 is 2.05 bits per heavy atom. The van der Waals surface area contributed by atoms with E-state index < -0.39 is 15.6 Å². The van der Waals surface area contributed by atoms with Crippen molar-refractivity contribution < 1.29 is 8.42 Å². The van der Waals surface area contributed by atoms with Gasteiger partial charge in [-0.25, -0.2) is 13.1 Å². The number of nitrogens with zero attached hydrogens (tertiary/aromatic N) is 2. The van der Waals surface area contributed by atoms with E-state index >= 15 is 0 Å². The molecule has 2 N–H and O–H groups in total. The van der Waals surface area contributed by atoms with Crippen LogP contribution >= 0.6 is 0 Å². The zero-order valence-corrected chi connectivity index (χ0v) is 13.4. The highest BCUT2D eigenvalue weighted by Gasteiger charge is 2.21. The predicted molar refractivity (Wildman–Crippen MR) is 78.6 cm³/mol. The number of nitrogens with one attached hydrogen (secondary N) is 2. The van der Waals surface area contributed by atoms with Crippen LogP contribution in [-0.4, -0.2) is 31.3 Å². The lowest BCUT2D eigenvalue weighted by atomic mass is 10.1. The summed E-state index contributed by atoms with van der Waals surface area (Å²) in [6.07, 6.45) is 1.15. The Kier molecular flexibility index (Phi) is 4.97. The summed E-state index contributed by atoms with van der Waals surface area (Å²) in [5.41, 5.74) is 2.13. The third-order valence-electron chi connectivity index (χ3n) is 3.10. The van der Waals surface area contributed by atoms with E-state index in [4.69, 9.17) is 5.26 Å². The van der Waals surface area contributed by atoms with E-state index in [0.717, 1.165) is 17.5 Å². The maximum Gasteiger partial charge on any atom is 0.209 e. The minimum atomic E-state index is -3.23. The van der Waals surface area contributed by atoms with Gasteiger partial charge in [0.25, 0.3) is 0 Å². The van der Waals surface area contributed by atoms with Crippen LogP contribution in [0.1, 0.15) is 30.8 Å². The van der Waals surface area contributed by atoms with Gasteiger partial charge in [-0.3, -0.25) is 0 Å². The first-order chi connectivity index (χ1) is 9.06. The van der Waals surface area contributed by atoms with Crippen molar-refractivity contribution in [3.05, 3.63) is 23.0 Å². The zero-order chi connectivity index (χ0) is 15.6. The average Bonchev–Trinajstić information content (AvgIpc) is 2.53. The first kappa shape index (κ1) is 16.7. The van der Waals surface area contributed by atoms with Crippen LogP contribution in [0.4, 0.5) is 0 Å². The minimum Gasteiger partial charge on any atom is -0.340 e. The van der Waals surface area contributed by atoms with Crippen LogP contribution in [0.3, 0.4) is 0 Å². The molecule has 0 saturated carbocycles. The van der Waals surface area contributed by atoms with Crippen molar-refractivity contribution in [1.82, 2.24) is 14.6 Å². The molecule has 6 nitrogen and oxygen atoms in total. The van der Waals surface area contributed by atoms with Crippen LogP contribution in [-0.2, 0) is 23.6 Å². The van der Waals surface area contributed by atoms with Gasteiger partial charge in [0.2, 0.25) is 10.0 Å². The largest absolute Gasteiger partial charge is 0.340 e. The van der Waals surface area contributed by atoms with Gasteiger partial charge in [0, 0.05) is 31.4 Å². The maximum absolute atomic E-state index is 11.2. The minimum absolute atomic E-state index is 0.496. The topological polar surface area (TPSA) is 86.9 Å². The van der Waals surface area contributed by atoms with Crippen molar-refractivity contribution in [1.29, 1.82) is 5.26 Å². The van der Waals surface area contributed by atoms with Gasteiger partial charge < -0.3 is 9.88 Å². The highest BCUT2D eigenvalue weighted by atomic mass is 32.2. The van der Waals surface area contributed by atoms with Crippen LogP contribution in [0.2, 0.25) is 0 Å². The van der Waals surface area contributed by atoms with Crippen molar-refractivity contribution in [2.75, 3.05) is 12.8 Å². The van der Waals surface area contributed by atoms with E-state index in [0.29, 0.717) is 18.8 Å². The zero-order valence-electron chi connectivity index (χ0n) is 12.6. The molecule has 0 aliphatic rings. The molecular formula is C13H22N4O2S. The Balaban J connectivity index is 2.64. The molecule has 20 heavy (non-hydrogen) atoms. The van der Waals surface area contributed by atoms with Crippen LogP contribution < -0.4 is 10.0 Å². The molecule has 0 aliphatic carbocycles. The second-order valence-corrected chi connectivity index (χ2v) is 7.42. The standard InChI is InChI=1S/C13H22N4O2S/c1-10-11(6-12(7-14)17(10)4)8-15-9-13(2,3)16-20(5,18)19/h6,15-16H,8-9H2,1-5H3. The van der Waals surface area contributed by atoms with Gasteiger partial charge in [0.1, 0.15) is 11.8 Å². The Morgan fingerprint density at radius 3 is 2.50 bits per heavy atom. The monoisotopic (exact) mass is 298 g/mol. The normalized spacial score (nSPS) is 12.4. The molecule has 0 aromatic carbocycles. The second-order valence-electron chi connectivity index (χ2n) is 5.67. The van der Waals surface area contributed by atoms with Gasteiger partial charge >= 0.3 is 0 Å². The first-order valence-corrected chi connectivity index (χ1v) is 8.20. The summed E-state index contributed by atoms with van der Waals surface area (Å²) in [4.78, 5) is 0. The second kappa shape index (κ2) is 5.95. The molecule has 0 fully saturated rings. The average molecular weight is 298 g/mol. The summed E-state index contributed by atoms with van der Waals surface area (Å²) in [6, 6.07) is 3.98. The summed E-state index contributed by atoms with van der Waals surface area (Å²) >= 11 is 0. The van der Waals surface area contributed by atoms with Crippen LogP contribution in [0, 0.1) is 18.3 Å². The number of hydrogen-bond acceptors (Lipinski definition) is 4. The number of sulfonamides is 1. The molecule has 0 bridgehead atoms. The Labute approximate surface area is 120 Å². The number of nitriles is 1. The Morgan fingerprint density at radius 1 is 1.45 bits per heavy atom. The Bertz CT molecular complexity index is 624. The highest BCUT2D eigenvalue weighted by Crippen LogP contribution is 2.13. The van der Waals surface area contributed by atoms with E-state index in [-0.39, 0.29) is 0 Å². The third kappa shape index (κ3) is 4.63. The molecule has 1 aromatic rings. The summed E-state index contributed by atoms with van der Waals surface area (Å²) in [6.45, 7) is 6.68. The SMILES string of the molecule is Cc1c(CNCC(C)(C)NS(C)(=O)=O)cc(C#N)n1C. The van der Waals surface area contributed by atoms with E-state index in [1.807, 2.05) is 38.5 Å². The van der Waals surface area contributed by atoms with Crippen LogP contribution in [0.15, 0.2) is 6.07 Å². The lowest BCUT2D eigenvalue weighted by molar-refractivity contribution is 0.420. The first-order valence-electron chi connectivity index (χ1n) is 6.31. The molecule has 0 saturated heterocycles. The summed E-state index contributed by atoms with van der Waals surface area (Å²) in [5.74, 6) is 0. The molecule has 0 aliphatic heterocycles. The molecule has 0 spiro atoms. The fraction of sp³-hybridized carbons (Fsp3) is 0.615. The van der Waals surface area contributed by atoms with Crippen molar-refractivity contribution in [2.45, 2.75) is 32.9 Å². The highest BCUT2D eigenvalue weighted by molar-refractivity contribution is 7.88. The van der Waals surface area contributed by atoms with Crippen molar-refractivity contribution in [3.8, 4) is 6.07 Å². The molecule has 1 aromatic heterocycles. The van der Waals surface area contributed by atoms with Crippen LogP contribution in [0.25, 0.3) is 0 Å². The fourth-order valence-corrected chi connectivity index (χ4v) is 3.17. The molecule has 0 amide bonds. The predicted octanol–water partition coefficient (Wildman–Crippen LogP) is 0.623. The number of hydrogen-bond donors (Lipinski definition) is 2. The summed E-state index contributed by atoms with van der Waals surface area (Å²) < 4.78 is 26.9. The van der Waals surface area contributed by atoms with Crippen LogP contribution in [0.5, 0.6) is 0 Å².